The van der Waals surface area contributed by atoms with Gasteiger partial charge in [-0.2, -0.15) is 0 Å². The quantitative estimate of drug-likeness (QED) is 0.432. The van der Waals surface area contributed by atoms with Crippen molar-refractivity contribution in [2.45, 2.75) is 32.0 Å². The van der Waals surface area contributed by atoms with E-state index in [1.54, 1.807) is 31.2 Å². The van der Waals surface area contributed by atoms with Crippen LogP contribution in [0, 0.1) is 23.7 Å². The number of para-hydroxylation sites is 1. The van der Waals surface area contributed by atoms with Crippen LogP contribution in [0.3, 0.4) is 0 Å². The topological polar surface area (TPSA) is 82.1 Å². The van der Waals surface area contributed by atoms with Crippen molar-refractivity contribution in [1.82, 2.24) is 0 Å². The number of hydrogen-bond acceptors (Lipinski definition) is 6. The minimum absolute atomic E-state index is 0.183. The molecule has 4 atom stereocenters. The number of amides is 2. The van der Waals surface area contributed by atoms with E-state index in [1.807, 2.05) is 12.1 Å². The van der Waals surface area contributed by atoms with E-state index in [0.29, 0.717) is 25.3 Å². The second-order valence-electron chi connectivity index (χ2n) is 8.25. The highest BCUT2D eigenvalue weighted by atomic mass is 16.7. The van der Waals surface area contributed by atoms with Gasteiger partial charge in [0.05, 0.1) is 43.3 Å². The van der Waals surface area contributed by atoms with Crippen molar-refractivity contribution in [3.8, 4) is 0 Å². The van der Waals surface area contributed by atoms with Gasteiger partial charge in [-0.05, 0) is 43.4 Å². The number of fused-ring (bicyclic) bond motifs is 4. The number of carbonyl (C=O) groups is 3. The van der Waals surface area contributed by atoms with Crippen LogP contribution in [0.1, 0.15) is 26.2 Å². The fraction of sp³-hybridized carbons (Fsp3) is 0.522. The molecule has 0 N–H and O–H groups in total. The van der Waals surface area contributed by atoms with Gasteiger partial charge in [0.2, 0.25) is 11.8 Å². The van der Waals surface area contributed by atoms with Crippen LogP contribution in [-0.2, 0) is 28.6 Å². The highest BCUT2D eigenvalue weighted by Gasteiger charge is 2.62. The largest absolute Gasteiger partial charge is 0.466 e. The summed E-state index contributed by atoms with van der Waals surface area (Å²) in [5, 5.41) is 0. The molecule has 2 aliphatic heterocycles. The first-order valence-corrected chi connectivity index (χ1v) is 10.7. The van der Waals surface area contributed by atoms with Gasteiger partial charge in [-0.3, -0.25) is 19.3 Å². The maximum atomic E-state index is 13.6. The molecule has 1 aromatic carbocycles. The Morgan fingerprint density at radius 2 is 1.83 bits per heavy atom. The van der Waals surface area contributed by atoms with Crippen molar-refractivity contribution in [2.24, 2.45) is 23.7 Å². The molecule has 0 aromatic heterocycles. The van der Waals surface area contributed by atoms with Gasteiger partial charge < -0.3 is 14.2 Å². The third kappa shape index (κ3) is 2.76. The molecular formula is C23H25NO6. The third-order valence-electron chi connectivity index (χ3n) is 6.76. The highest BCUT2D eigenvalue weighted by molar-refractivity contribution is 6.23. The van der Waals surface area contributed by atoms with Gasteiger partial charge in [0, 0.05) is 6.42 Å². The van der Waals surface area contributed by atoms with E-state index in [1.165, 1.54) is 4.90 Å². The maximum absolute atomic E-state index is 13.6. The van der Waals surface area contributed by atoms with Crippen LogP contribution in [0.5, 0.6) is 0 Å². The molecule has 2 saturated heterocycles. The number of rotatable bonds is 3. The first kappa shape index (κ1) is 19.5. The molecule has 3 fully saturated rings. The molecule has 7 nitrogen and oxygen atoms in total. The smallest absolute Gasteiger partial charge is 0.313 e. The minimum Gasteiger partial charge on any atom is -0.466 e. The lowest BCUT2D eigenvalue weighted by Gasteiger charge is -2.45. The van der Waals surface area contributed by atoms with Crippen LogP contribution in [0.15, 0.2) is 42.0 Å². The average molecular weight is 411 g/mol. The van der Waals surface area contributed by atoms with Gasteiger partial charge in [-0.25, -0.2) is 0 Å². The highest BCUT2D eigenvalue weighted by Crippen LogP contribution is 2.55. The normalized spacial score (nSPS) is 32.0. The lowest BCUT2D eigenvalue weighted by Crippen LogP contribution is -2.49. The molecule has 2 aliphatic carbocycles. The summed E-state index contributed by atoms with van der Waals surface area (Å²) in [5.74, 6) is -4.34. The zero-order valence-electron chi connectivity index (χ0n) is 16.9. The molecule has 4 aliphatic rings. The van der Waals surface area contributed by atoms with Crippen LogP contribution < -0.4 is 4.90 Å². The van der Waals surface area contributed by atoms with E-state index in [-0.39, 0.29) is 24.3 Å². The molecule has 1 aromatic rings. The molecule has 1 spiro atoms. The second kappa shape index (κ2) is 7.32. The summed E-state index contributed by atoms with van der Waals surface area (Å²) in [5.41, 5.74) is 1.37. The molecule has 158 valence electrons. The Hall–Kier alpha value is -2.51. The number of esters is 1. The monoisotopic (exact) mass is 411 g/mol. The molecule has 5 rings (SSSR count). The van der Waals surface area contributed by atoms with E-state index >= 15 is 0 Å². The fourth-order valence-electron chi connectivity index (χ4n) is 5.62. The molecule has 30 heavy (non-hydrogen) atoms. The zero-order chi connectivity index (χ0) is 20.9. The first-order valence-electron chi connectivity index (χ1n) is 10.7. The standard InChI is InChI=1S/C23H25NO6/c1-2-28-22(27)16-13-17-15(9-6-10-23(17)29-11-12-30-23)18-19(16)21(26)24(20(18)25)14-7-4-3-5-8-14/h3-5,7-8,13,15-16,18-19H,2,6,9-12H2,1H3/t15-,16+,18+,19-/m1/s1. The Kier molecular flexibility index (Phi) is 4.75. The van der Waals surface area contributed by atoms with Gasteiger partial charge in [-0.15, -0.1) is 0 Å². The lowest BCUT2D eigenvalue weighted by molar-refractivity contribution is -0.161. The molecule has 0 unspecified atom stereocenters. The number of benzene rings is 1. The fourth-order valence-corrected chi connectivity index (χ4v) is 5.62. The van der Waals surface area contributed by atoms with Crippen LogP contribution in [0.4, 0.5) is 5.69 Å². The predicted octanol–water partition coefficient (Wildman–Crippen LogP) is 2.45. The van der Waals surface area contributed by atoms with E-state index in [2.05, 4.69) is 0 Å². The zero-order valence-corrected chi connectivity index (χ0v) is 16.9. The van der Waals surface area contributed by atoms with Crippen LogP contribution >= 0.6 is 0 Å². The van der Waals surface area contributed by atoms with Gasteiger partial charge in [0.15, 0.2) is 5.79 Å². The van der Waals surface area contributed by atoms with E-state index in [9.17, 15) is 14.4 Å². The van der Waals surface area contributed by atoms with Gasteiger partial charge in [0.25, 0.3) is 0 Å². The Morgan fingerprint density at radius 1 is 1.13 bits per heavy atom. The number of carbonyl (C=O) groups excluding carboxylic acids is 3. The maximum Gasteiger partial charge on any atom is 0.313 e. The summed E-state index contributed by atoms with van der Waals surface area (Å²) in [4.78, 5) is 41.2. The van der Waals surface area contributed by atoms with Gasteiger partial charge in [0.1, 0.15) is 0 Å². The molecule has 7 heteroatoms. The lowest BCUT2D eigenvalue weighted by atomic mass is 9.62. The summed E-state index contributed by atoms with van der Waals surface area (Å²) in [6.45, 7) is 2.90. The number of imide groups is 1. The first-order chi connectivity index (χ1) is 14.6. The van der Waals surface area contributed by atoms with Crippen molar-refractivity contribution in [3.63, 3.8) is 0 Å². The number of nitrogens with zero attached hydrogens (tertiary/aromatic N) is 1. The predicted molar refractivity (Wildman–Crippen MR) is 106 cm³/mol. The molecule has 1 saturated carbocycles. The summed E-state index contributed by atoms with van der Waals surface area (Å²) in [7, 11) is 0. The molecule has 2 amide bonds. The Bertz CT molecular complexity index is 904. The van der Waals surface area contributed by atoms with Crippen LogP contribution in [-0.4, -0.2) is 43.4 Å². The molecule has 0 bridgehead atoms. The van der Waals surface area contributed by atoms with Gasteiger partial charge >= 0.3 is 5.97 Å². The molecule has 2 heterocycles. The van der Waals surface area contributed by atoms with Crippen molar-refractivity contribution in [1.29, 1.82) is 0 Å². The Balaban J connectivity index is 1.61. The van der Waals surface area contributed by atoms with Gasteiger partial charge in [-0.1, -0.05) is 24.3 Å². The van der Waals surface area contributed by atoms with Crippen molar-refractivity contribution < 1.29 is 28.6 Å². The van der Waals surface area contributed by atoms with Crippen molar-refractivity contribution in [2.75, 3.05) is 24.7 Å². The van der Waals surface area contributed by atoms with E-state index in [0.717, 1.165) is 18.4 Å². The number of anilines is 1. The van der Waals surface area contributed by atoms with Crippen LogP contribution in [0.25, 0.3) is 0 Å². The summed E-state index contributed by atoms with van der Waals surface area (Å²) < 4.78 is 17.3. The van der Waals surface area contributed by atoms with E-state index < -0.39 is 29.5 Å². The third-order valence-corrected chi connectivity index (χ3v) is 6.76. The molecular weight excluding hydrogens is 386 g/mol. The van der Waals surface area contributed by atoms with E-state index in [4.69, 9.17) is 14.2 Å². The summed E-state index contributed by atoms with van der Waals surface area (Å²) in [6, 6.07) is 8.90. The van der Waals surface area contributed by atoms with Crippen molar-refractivity contribution >= 4 is 23.5 Å². The number of hydrogen-bond donors (Lipinski definition) is 0. The second-order valence-corrected chi connectivity index (χ2v) is 8.25. The number of ether oxygens (including phenoxy) is 3. The van der Waals surface area contributed by atoms with Crippen LogP contribution in [0.2, 0.25) is 0 Å². The molecule has 0 radical (unpaired) electrons. The SMILES string of the molecule is CCOC(=O)[C@H]1C=C2[C@@H](CCCC23OCCO3)[C@@H]2C(=O)N(c3ccccc3)C(=O)[C@@H]21. The minimum atomic E-state index is -0.887. The summed E-state index contributed by atoms with van der Waals surface area (Å²) >= 11 is 0. The summed E-state index contributed by atoms with van der Waals surface area (Å²) in [6.07, 6.45) is 4.10. The average Bonchev–Trinajstić information content (AvgIpc) is 3.32. The Morgan fingerprint density at radius 3 is 2.53 bits per heavy atom. The van der Waals surface area contributed by atoms with Crippen molar-refractivity contribution in [3.05, 3.63) is 42.0 Å². The Labute approximate surface area is 175 Å².